The van der Waals surface area contributed by atoms with Gasteiger partial charge in [-0.05, 0) is 143 Å². The van der Waals surface area contributed by atoms with Crippen molar-refractivity contribution in [3.05, 3.63) is 129 Å². The van der Waals surface area contributed by atoms with Crippen LogP contribution in [0.3, 0.4) is 0 Å². The second-order valence-electron chi connectivity index (χ2n) is 18.7. The molecular formula is C48H53BN2O. The van der Waals surface area contributed by atoms with Crippen molar-refractivity contribution in [2.24, 2.45) is 0 Å². The van der Waals surface area contributed by atoms with E-state index in [1.165, 1.54) is 96.7 Å². The molecule has 0 bridgehead atoms. The fourth-order valence-electron chi connectivity index (χ4n) is 10.3. The Bertz CT molecular complexity index is 2270. The lowest BCUT2D eigenvalue weighted by Gasteiger charge is -2.50. The van der Waals surface area contributed by atoms with Crippen molar-refractivity contribution >= 4 is 46.1 Å². The second kappa shape index (κ2) is 11.0. The molecule has 1 aliphatic carbocycles. The third kappa shape index (κ3) is 4.78. The zero-order valence-electron chi connectivity index (χ0n) is 33.0. The first kappa shape index (κ1) is 33.4. The van der Waals surface area contributed by atoms with Crippen LogP contribution >= 0.6 is 0 Å². The summed E-state index contributed by atoms with van der Waals surface area (Å²) in [5.74, 6) is 1.12. The molecule has 0 spiro atoms. The molecule has 4 heteroatoms. The van der Waals surface area contributed by atoms with Gasteiger partial charge in [0, 0.05) is 28.6 Å². The van der Waals surface area contributed by atoms with Gasteiger partial charge in [0.1, 0.15) is 5.75 Å². The van der Waals surface area contributed by atoms with Gasteiger partial charge in [0.05, 0.1) is 5.69 Å². The standard InChI is InChI=1S/C48H53BN2O/c1-28-22-30(3)44(31(4)23-28)51-38-27-36-35(47(8,9)20-21-48(36,10)11)26-37(38)49-42-34-14-12-13-15-41(34)52-45(42)50(39-24-29(2)25-40(51)43(39)49)33-18-16-32(17-19-33)46(5,6)7/h12-19,22-27,42,45H,20-21H2,1-11H3. The van der Waals surface area contributed by atoms with Gasteiger partial charge < -0.3 is 14.5 Å². The largest absolute Gasteiger partial charge is 0.470 e. The summed E-state index contributed by atoms with van der Waals surface area (Å²) in [6.45, 7) is 25.9. The first-order valence-electron chi connectivity index (χ1n) is 19.4. The Balaban J connectivity index is 1.40. The Kier molecular flexibility index (Phi) is 7.09. The van der Waals surface area contributed by atoms with Crippen molar-refractivity contribution in [1.29, 1.82) is 0 Å². The van der Waals surface area contributed by atoms with Crippen molar-refractivity contribution in [3.63, 3.8) is 0 Å². The van der Waals surface area contributed by atoms with Gasteiger partial charge in [-0.1, -0.05) is 103 Å². The van der Waals surface area contributed by atoms with Gasteiger partial charge in [-0.3, -0.25) is 0 Å². The average molecular weight is 685 g/mol. The van der Waals surface area contributed by atoms with Gasteiger partial charge in [0.25, 0.3) is 0 Å². The number of benzene rings is 5. The zero-order chi connectivity index (χ0) is 36.6. The number of hydrogen-bond donors (Lipinski definition) is 0. The summed E-state index contributed by atoms with van der Waals surface area (Å²) in [5, 5.41) is 0. The Morgan fingerprint density at radius 2 is 1.29 bits per heavy atom. The molecule has 52 heavy (non-hydrogen) atoms. The van der Waals surface area contributed by atoms with Gasteiger partial charge in [0.2, 0.25) is 6.71 Å². The first-order chi connectivity index (χ1) is 24.5. The normalized spacial score (nSPS) is 20.4. The summed E-state index contributed by atoms with van der Waals surface area (Å²) in [7, 11) is 0. The predicted molar refractivity (Wildman–Crippen MR) is 221 cm³/mol. The molecule has 0 fully saturated rings. The molecule has 0 N–H and O–H groups in total. The summed E-state index contributed by atoms with van der Waals surface area (Å²) >= 11 is 0. The van der Waals surface area contributed by atoms with Crippen LogP contribution in [0.4, 0.5) is 28.4 Å². The van der Waals surface area contributed by atoms with Crippen molar-refractivity contribution in [2.75, 3.05) is 9.80 Å². The SMILES string of the molecule is Cc1cc(C)c(N2c3cc4c(cc3B3c5c2cc(C)cc5N(c2ccc(C(C)(C)C)cc2)C2Oc5ccccc5C32)C(C)(C)CCC4(C)C)c(C)c1. The summed E-state index contributed by atoms with van der Waals surface area (Å²) < 4.78 is 7.15. The minimum atomic E-state index is -0.173. The van der Waals surface area contributed by atoms with E-state index in [1.807, 2.05) is 0 Å². The Morgan fingerprint density at radius 1 is 0.692 bits per heavy atom. The maximum Gasteiger partial charge on any atom is 0.231 e. The van der Waals surface area contributed by atoms with Crippen LogP contribution in [0.5, 0.6) is 5.75 Å². The van der Waals surface area contributed by atoms with Crippen molar-refractivity contribution in [2.45, 2.75) is 117 Å². The van der Waals surface area contributed by atoms with E-state index in [0.29, 0.717) is 0 Å². The molecule has 5 aromatic carbocycles. The quantitative estimate of drug-likeness (QED) is 0.172. The van der Waals surface area contributed by atoms with Crippen molar-refractivity contribution in [1.82, 2.24) is 0 Å². The zero-order valence-corrected chi connectivity index (χ0v) is 33.0. The lowest BCUT2D eigenvalue weighted by atomic mass is 9.29. The second-order valence-corrected chi connectivity index (χ2v) is 18.7. The smallest absolute Gasteiger partial charge is 0.231 e. The average Bonchev–Trinajstić information content (AvgIpc) is 3.45. The van der Waals surface area contributed by atoms with Crippen molar-refractivity contribution in [3.8, 4) is 5.75 Å². The van der Waals surface area contributed by atoms with E-state index < -0.39 is 0 Å². The van der Waals surface area contributed by atoms with E-state index in [0.717, 1.165) is 5.75 Å². The number of anilines is 5. The number of ether oxygens (including phenoxy) is 1. The number of aryl methyl sites for hydroxylation is 4. The Labute approximate surface area is 312 Å². The van der Waals surface area contributed by atoms with Crippen LogP contribution in [0.2, 0.25) is 0 Å². The van der Waals surface area contributed by atoms with Crippen LogP contribution in [-0.2, 0) is 16.2 Å². The molecular weight excluding hydrogens is 631 g/mol. The predicted octanol–water partition coefficient (Wildman–Crippen LogP) is 11.2. The molecule has 3 aliphatic heterocycles. The fraction of sp³-hybridized carbons (Fsp3) is 0.375. The topological polar surface area (TPSA) is 15.7 Å². The molecule has 0 radical (unpaired) electrons. The van der Waals surface area contributed by atoms with Crippen LogP contribution in [0.25, 0.3) is 0 Å². The van der Waals surface area contributed by atoms with Crippen LogP contribution in [0.15, 0.2) is 84.9 Å². The van der Waals surface area contributed by atoms with Gasteiger partial charge >= 0.3 is 0 Å². The monoisotopic (exact) mass is 684 g/mol. The number of nitrogens with zero attached hydrogens (tertiary/aromatic N) is 2. The molecule has 2 atom stereocenters. The molecule has 3 heterocycles. The van der Waals surface area contributed by atoms with Crippen LogP contribution in [-0.4, -0.2) is 12.9 Å². The summed E-state index contributed by atoms with van der Waals surface area (Å²) in [6.07, 6.45) is 2.20. The number of para-hydroxylation sites is 1. The van der Waals surface area contributed by atoms with E-state index in [2.05, 4.69) is 171 Å². The van der Waals surface area contributed by atoms with Gasteiger partial charge in [-0.2, -0.15) is 0 Å². The highest BCUT2D eigenvalue weighted by molar-refractivity contribution is 6.91. The number of fused-ring (bicyclic) bond motifs is 7. The molecule has 0 aromatic heterocycles. The minimum Gasteiger partial charge on any atom is -0.470 e. The molecule has 0 saturated carbocycles. The van der Waals surface area contributed by atoms with Crippen molar-refractivity contribution < 1.29 is 4.74 Å². The maximum atomic E-state index is 7.15. The molecule has 5 aromatic rings. The number of rotatable bonds is 2. The lowest BCUT2D eigenvalue weighted by molar-refractivity contribution is 0.232. The lowest BCUT2D eigenvalue weighted by Crippen LogP contribution is -2.63. The molecule has 9 rings (SSSR count). The van der Waals surface area contributed by atoms with E-state index in [1.54, 1.807) is 0 Å². The Morgan fingerprint density at radius 3 is 1.94 bits per heavy atom. The molecule has 4 aliphatic rings. The first-order valence-corrected chi connectivity index (χ1v) is 19.4. The molecule has 264 valence electrons. The third-order valence-electron chi connectivity index (χ3n) is 13.0. The molecule has 3 nitrogen and oxygen atoms in total. The maximum absolute atomic E-state index is 7.15. The summed E-state index contributed by atoms with van der Waals surface area (Å²) in [4.78, 5) is 5.19. The number of hydrogen-bond acceptors (Lipinski definition) is 3. The van der Waals surface area contributed by atoms with Crippen LogP contribution < -0.4 is 25.5 Å². The highest BCUT2D eigenvalue weighted by Crippen LogP contribution is 2.54. The minimum absolute atomic E-state index is 0.0755. The summed E-state index contributed by atoms with van der Waals surface area (Å²) in [5.41, 5.74) is 20.3. The Hall–Kier alpha value is -4.44. The third-order valence-corrected chi connectivity index (χ3v) is 13.0. The highest BCUT2D eigenvalue weighted by atomic mass is 16.5. The molecule has 2 unspecified atom stereocenters. The van der Waals surface area contributed by atoms with Crippen LogP contribution in [0.1, 0.15) is 112 Å². The van der Waals surface area contributed by atoms with Crippen LogP contribution in [0, 0.1) is 27.7 Å². The van der Waals surface area contributed by atoms with Gasteiger partial charge in [-0.15, -0.1) is 0 Å². The van der Waals surface area contributed by atoms with E-state index in [-0.39, 0.29) is 35.0 Å². The van der Waals surface area contributed by atoms with Gasteiger partial charge in [-0.25, -0.2) is 0 Å². The highest BCUT2D eigenvalue weighted by Gasteiger charge is 2.55. The van der Waals surface area contributed by atoms with Gasteiger partial charge in [0.15, 0.2) is 6.23 Å². The summed E-state index contributed by atoms with van der Waals surface area (Å²) in [6, 6.07) is 33.0. The fourth-order valence-corrected chi connectivity index (χ4v) is 10.3. The molecule has 0 saturated heterocycles. The molecule has 0 amide bonds. The van der Waals surface area contributed by atoms with E-state index >= 15 is 0 Å². The van der Waals surface area contributed by atoms with E-state index in [4.69, 9.17) is 4.74 Å². The van der Waals surface area contributed by atoms with E-state index in [9.17, 15) is 0 Å².